The highest BCUT2D eigenvalue weighted by molar-refractivity contribution is 14.0. The maximum absolute atomic E-state index is 13.8. The van der Waals surface area contributed by atoms with Crippen LogP contribution in [0.1, 0.15) is 18.9 Å². The molecule has 30 heavy (non-hydrogen) atoms. The summed E-state index contributed by atoms with van der Waals surface area (Å²) in [5, 5.41) is 6.60. The first-order valence-electron chi connectivity index (χ1n) is 10.3. The predicted molar refractivity (Wildman–Crippen MR) is 133 cm³/mol. The number of nitrogens with one attached hydrogen (secondary N) is 2. The SMILES string of the molecule is CCNC(=NCC1CCN(c2ccccc2OC)C1)NCCc1ccccc1F.I. The van der Waals surface area contributed by atoms with Crippen LogP contribution in [0.5, 0.6) is 5.75 Å². The van der Waals surface area contributed by atoms with Crippen molar-refractivity contribution in [3.05, 3.63) is 59.9 Å². The van der Waals surface area contributed by atoms with Crippen molar-refractivity contribution in [2.24, 2.45) is 10.9 Å². The van der Waals surface area contributed by atoms with Crippen LogP contribution in [-0.2, 0) is 6.42 Å². The fourth-order valence-electron chi connectivity index (χ4n) is 3.67. The van der Waals surface area contributed by atoms with Crippen LogP contribution in [0.25, 0.3) is 0 Å². The van der Waals surface area contributed by atoms with Gasteiger partial charge in [-0.05, 0) is 49.4 Å². The number of ether oxygens (including phenoxy) is 1. The van der Waals surface area contributed by atoms with Crippen LogP contribution in [0.15, 0.2) is 53.5 Å². The molecule has 1 unspecified atom stereocenters. The summed E-state index contributed by atoms with van der Waals surface area (Å²) in [6.45, 7) is 6.23. The maximum atomic E-state index is 13.8. The molecule has 0 bridgehead atoms. The van der Waals surface area contributed by atoms with Crippen molar-refractivity contribution < 1.29 is 9.13 Å². The molecule has 0 spiro atoms. The molecule has 1 fully saturated rings. The van der Waals surface area contributed by atoms with Gasteiger partial charge in [0.15, 0.2) is 5.96 Å². The number of nitrogens with zero attached hydrogens (tertiary/aromatic N) is 2. The number of para-hydroxylation sites is 2. The van der Waals surface area contributed by atoms with Crippen LogP contribution in [0.2, 0.25) is 0 Å². The monoisotopic (exact) mass is 526 g/mol. The molecule has 1 aliphatic heterocycles. The van der Waals surface area contributed by atoms with Gasteiger partial charge in [0.05, 0.1) is 12.8 Å². The number of anilines is 1. The molecule has 1 aliphatic rings. The number of hydrogen-bond donors (Lipinski definition) is 2. The molecule has 7 heteroatoms. The molecule has 164 valence electrons. The number of benzene rings is 2. The maximum Gasteiger partial charge on any atom is 0.191 e. The molecule has 0 amide bonds. The fourth-order valence-corrected chi connectivity index (χ4v) is 3.67. The van der Waals surface area contributed by atoms with E-state index in [9.17, 15) is 4.39 Å². The third-order valence-electron chi connectivity index (χ3n) is 5.21. The number of hydrogen-bond acceptors (Lipinski definition) is 3. The molecule has 1 saturated heterocycles. The molecule has 2 aromatic carbocycles. The minimum Gasteiger partial charge on any atom is -0.495 e. The van der Waals surface area contributed by atoms with Crippen molar-refractivity contribution in [2.45, 2.75) is 19.8 Å². The van der Waals surface area contributed by atoms with Gasteiger partial charge in [0.2, 0.25) is 0 Å². The summed E-state index contributed by atoms with van der Waals surface area (Å²) in [6.07, 6.45) is 1.73. The number of aliphatic imine (C=N–C) groups is 1. The second-order valence-corrected chi connectivity index (χ2v) is 7.26. The molecule has 0 saturated carbocycles. The Balaban J connectivity index is 0.00000320. The number of methoxy groups -OCH3 is 1. The lowest BCUT2D eigenvalue weighted by Crippen LogP contribution is -2.38. The molecule has 2 aromatic rings. The first-order chi connectivity index (χ1) is 14.2. The zero-order valence-corrected chi connectivity index (χ0v) is 20.1. The van der Waals surface area contributed by atoms with Gasteiger partial charge in [0.1, 0.15) is 11.6 Å². The minimum atomic E-state index is -0.154. The Morgan fingerprint density at radius 2 is 1.93 bits per heavy atom. The van der Waals surface area contributed by atoms with E-state index in [1.54, 1.807) is 13.2 Å². The fraction of sp³-hybridized carbons (Fsp3) is 0.435. The average Bonchev–Trinajstić information content (AvgIpc) is 3.22. The molecule has 2 N–H and O–H groups in total. The first kappa shape index (κ1) is 24.2. The quantitative estimate of drug-likeness (QED) is 0.310. The van der Waals surface area contributed by atoms with Crippen molar-refractivity contribution in [1.29, 1.82) is 0 Å². The summed E-state index contributed by atoms with van der Waals surface area (Å²) in [5.74, 6) is 2.06. The van der Waals surface area contributed by atoms with Crippen LogP contribution in [0.3, 0.4) is 0 Å². The van der Waals surface area contributed by atoms with Gasteiger partial charge >= 0.3 is 0 Å². The molecule has 0 aliphatic carbocycles. The van der Waals surface area contributed by atoms with E-state index in [0.29, 0.717) is 18.9 Å². The summed E-state index contributed by atoms with van der Waals surface area (Å²) >= 11 is 0. The van der Waals surface area contributed by atoms with Crippen molar-refractivity contribution >= 4 is 35.6 Å². The lowest BCUT2D eigenvalue weighted by molar-refractivity contribution is 0.414. The van der Waals surface area contributed by atoms with E-state index in [0.717, 1.165) is 55.6 Å². The van der Waals surface area contributed by atoms with Crippen LogP contribution in [0, 0.1) is 11.7 Å². The topological polar surface area (TPSA) is 48.9 Å². The van der Waals surface area contributed by atoms with Gasteiger partial charge in [-0.15, -0.1) is 24.0 Å². The van der Waals surface area contributed by atoms with Gasteiger partial charge in [0.25, 0.3) is 0 Å². The molecular weight excluding hydrogens is 494 g/mol. The van der Waals surface area contributed by atoms with Gasteiger partial charge in [-0.1, -0.05) is 30.3 Å². The molecule has 5 nitrogen and oxygen atoms in total. The highest BCUT2D eigenvalue weighted by Gasteiger charge is 2.24. The van der Waals surface area contributed by atoms with E-state index in [2.05, 4.69) is 21.6 Å². The van der Waals surface area contributed by atoms with Gasteiger partial charge in [-0.25, -0.2) is 4.39 Å². The van der Waals surface area contributed by atoms with E-state index >= 15 is 0 Å². The highest BCUT2D eigenvalue weighted by atomic mass is 127. The van der Waals surface area contributed by atoms with E-state index in [1.807, 2.05) is 37.3 Å². The number of guanidine groups is 1. The smallest absolute Gasteiger partial charge is 0.191 e. The standard InChI is InChI=1S/C23H31FN4O.HI/c1-3-25-23(26-14-12-19-8-4-5-9-20(19)24)27-16-18-13-15-28(17-18)21-10-6-7-11-22(21)29-2;/h4-11,18H,3,12-17H2,1-2H3,(H2,25,26,27);1H. The number of halogens is 2. The van der Waals surface area contributed by atoms with E-state index < -0.39 is 0 Å². The van der Waals surface area contributed by atoms with E-state index in [4.69, 9.17) is 9.73 Å². The minimum absolute atomic E-state index is 0. The normalized spacial score (nSPS) is 16.2. The Labute approximate surface area is 196 Å². The Morgan fingerprint density at radius 3 is 2.70 bits per heavy atom. The van der Waals surface area contributed by atoms with Gasteiger partial charge in [-0.3, -0.25) is 4.99 Å². The molecule has 0 radical (unpaired) electrons. The van der Waals surface area contributed by atoms with Crippen molar-refractivity contribution in [3.8, 4) is 5.75 Å². The molecule has 3 rings (SSSR count). The number of rotatable bonds is 8. The second-order valence-electron chi connectivity index (χ2n) is 7.26. The third kappa shape index (κ3) is 6.75. The van der Waals surface area contributed by atoms with Gasteiger partial charge in [-0.2, -0.15) is 0 Å². The van der Waals surface area contributed by atoms with Crippen molar-refractivity contribution in [3.63, 3.8) is 0 Å². The van der Waals surface area contributed by atoms with Crippen LogP contribution >= 0.6 is 24.0 Å². The molecular formula is C23H32FIN4O. The second kappa shape index (κ2) is 12.6. The zero-order valence-electron chi connectivity index (χ0n) is 17.7. The summed E-state index contributed by atoms with van der Waals surface area (Å²) in [7, 11) is 1.71. The van der Waals surface area contributed by atoms with E-state index in [-0.39, 0.29) is 29.8 Å². The van der Waals surface area contributed by atoms with Crippen LogP contribution in [0.4, 0.5) is 10.1 Å². The van der Waals surface area contributed by atoms with E-state index in [1.165, 1.54) is 6.07 Å². The largest absolute Gasteiger partial charge is 0.495 e. The third-order valence-corrected chi connectivity index (χ3v) is 5.21. The van der Waals surface area contributed by atoms with Gasteiger partial charge < -0.3 is 20.3 Å². The summed E-state index contributed by atoms with van der Waals surface area (Å²) < 4.78 is 19.3. The van der Waals surface area contributed by atoms with Gasteiger partial charge in [0, 0.05) is 32.7 Å². The van der Waals surface area contributed by atoms with Crippen molar-refractivity contribution in [2.75, 3.05) is 44.7 Å². The molecule has 0 aromatic heterocycles. The lowest BCUT2D eigenvalue weighted by Gasteiger charge is -2.21. The molecule has 1 atom stereocenters. The summed E-state index contributed by atoms with van der Waals surface area (Å²) in [4.78, 5) is 7.14. The Bertz CT molecular complexity index is 817. The highest BCUT2D eigenvalue weighted by Crippen LogP contribution is 2.31. The van der Waals surface area contributed by atoms with Crippen LogP contribution < -0.4 is 20.3 Å². The predicted octanol–water partition coefficient (Wildman–Crippen LogP) is 4.08. The summed E-state index contributed by atoms with van der Waals surface area (Å²) in [5.41, 5.74) is 1.87. The summed E-state index contributed by atoms with van der Waals surface area (Å²) in [6, 6.07) is 15.1. The lowest BCUT2D eigenvalue weighted by atomic mass is 10.1. The Hall–Kier alpha value is -2.03. The first-order valence-corrected chi connectivity index (χ1v) is 10.3. The molecule has 1 heterocycles. The zero-order chi connectivity index (χ0) is 20.5. The average molecular weight is 526 g/mol. The van der Waals surface area contributed by atoms with Crippen molar-refractivity contribution in [1.82, 2.24) is 10.6 Å². The van der Waals surface area contributed by atoms with Crippen LogP contribution in [-0.4, -0.2) is 45.8 Å². The Morgan fingerprint density at radius 1 is 1.17 bits per heavy atom. The Kier molecular flexibility index (Phi) is 10.2.